The first kappa shape index (κ1) is 16.3. The van der Waals surface area contributed by atoms with E-state index >= 15 is 0 Å². The maximum atomic E-state index is 12.4. The monoisotopic (exact) mass is 336 g/mol. The lowest BCUT2D eigenvalue weighted by Crippen LogP contribution is -2.15. The van der Waals surface area contributed by atoms with Crippen LogP contribution in [0, 0.1) is 10.1 Å². The third-order valence-electron chi connectivity index (χ3n) is 2.97. The summed E-state index contributed by atoms with van der Waals surface area (Å²) in [7, 11) is 0. The molecular weight excluding hydrogens is 324 g/mol. The smallest absolute Gasteiger partial charge is 0.282 e. The Bertz CT molecular complexity index is 722. The van der Waals surface area contributed by atoms with Crippen molar-refractivity contribution in [2.75, 3.05) is 11.6 Å². The zero-order valence-corrected chi connectivity index (χ0v) is 13.3. The van der Waals surface area contributed by atoms with E-state index in [4.69, 9.17) is 11.6 Å². The Kier molecular flexibility index (Phi) is 5.41. The first-order chi connectivity index (χ1) is 10.5. The van der Waals surface area contributed by atoms with Gasteiger partial charge in [0.25, 0.3) is 11.6 Å². The molecule has 0 fully saturated rings. The van der Waals surface area contributed by atoms with E-state index in [0.717, 1.165) is 11.3 Å². The summed E-state index contributed by atoms with van der Waals surface area (Å²) in [4.78, 5) is 22.8. The molecule has 0 spiro atoms. The maximum absolute atomic E-state index is 12.4. The van der Waals surface area contributed by atoms with Crippen LogP contribution in [0.15, 0.2) is 42.5 Å². The van der Waals surface area contributed by atoms with E-state index in [2.05, 4.69) is 5.32 Å². The number of nitro groups is 1. The maximum Gasteiger partial charge on any atom is 0.282 e. The quantitative estimate of drug-likeness (QED) is 0.650. The Morgan fingerprint density at radius 1 is 1.32 bits per heavy atom. The summed E-state index contributed by atoms with van der Waals surface area (Å²) in [5.74, 6) is 0.177. The number of carbonyl (C=O) groups excluding carboxylic acids is 1. The third-order valence-corrected chi connectivity index (χ3v) is 3.80. The van der Waals surface area contributed by atoms with Crippen molar-refractivity contribution >= 4 is 40.6 Å². The number of rotatable bonds is 5. The van der Waals surface area contributed by atoms with Crippen LogP contribution in [0.1, 0.15) is 15.9 Å². The lowest BCUT2D eigenvalue weighted by molar-refractivity contribution is -0.385. The molecule has 0 aliphatic carbocycles. The summed E-state index contributed by atoms with van der Waals surface area (Å²) < 4.78 is 0. The molecule has 22 heavy (non-hydrogen) atoms. The fraction of sp³-hybridized carbons (Fsp3) is 0.133. The Labute approximate surface area is 136 Å². The minimum absolute atomic E-state index is 0.0588. The number of carbonyl (C=O) groups is 1. The number of amides is 1. The number of nitrogens with zero attached hydrogens (tertiary/aromatic N) is 1. The second-order valence-electron chi connectivity index (χ2n) is 4.46. The minimum atomic E-state index is -0.598. The highest BCUT2D eigenvalue weighted by Gasteiger charge is 2.21. The standard InChI is InChI=1S/C15H13ClN2O3S/c1-22-9-10-4-2-3-5-13(10)17-15(19)12-8-11(16)6-7-14(12)18(20)21/h2-8H,9H2,1H3,(H,17,19). The molecule has 1 N–H and O–H groups in total. The van der Waals surface area contributed by atoms with Gasteiger partial charge in [-0.05, 0) is 30.0 Å². The molecule has 0 atom stereocenters. The number of halogens is 1. The van der Waals surface area contributed by atoms with Crippen LogP contribution in [0.25, 0.3) is 0 Å². The van der Waals surface area contributed by atoms with E-state index in [0.29, 0.717) is 5.69 Å². The molecule has 1 amide bonds. The highest BCUT2D eigenvalue weighted by Crippen LogP contribution is 2.25. The van der Waals surface area contributed by atoms with Crippen molar-refractivity contribution in [3.63, 3.8) is 0 Å². The lowest BCUT2D eigenvalue weighted by atomic mass is 10.1. The van der Waals surface area contributed by atoms with Gasteiger partial charge in [-0.15, -0.1) is 0 Å². The largest absolute Gasteiger partial charge is 0.321 e. The first-order valence-corrected chi connectivity index (χ1v) is 8.12. The van der Waals surface area contributed by atoms with E-state index in [1.807, 2.05) is 18.4 Å². The van der Waals surface area contributed by atoms with Crippen molar-refractivity contribution in [3.8, 4) is 0 Å². The summed E-state index contributed by atoms with van der Waals surface area (Å²) in [6, 6.07) is 11.3. The van der Waals surface area contributed by atoms with E-state index in [9.17, 15) is 14.9 Å². The number of hydrogen-bond acceptors (Lipinski definition) is 4. The van der Waals surface area contributed by atoms with Crippen LogP contribution in [0.4, 0.5) is 11.4 Å². The molecule has 0 saturated heterocycles. The van der Waals surface area contributed by atoms with Crippen LogP contribution in [0.3, 0.4) is 0 Å². The Balaban J connectivity index is 2.34. The van der Waals surface area contributed by atoms with Gasteiger partial charge in [0.1, 0.15) is 5.56 Å². The van der Waals surface area contributed by atoms with Crippen molar-refractivity contribution in [2.45, 2.75) is 5.75 Å². The Morgan fingerprint density at radius 3 is 2.73 bits per heavy atom. The molecule has 0 bridgehead atoms. The zero-order chi connectivity index (χ0) is 16.1. The zero-order valence-electron chi connectivity index (χ0n) is 11.7. The molecule has 0 unspecified atom stereocenters. The Hall–Kier alpha value is -2.05. The van der Waals surface area contributed by atoms with Crippen molar-refractivity contribution < 1.29 is 9.72 Å². The molecule has 114 valence electrons. The van der Waals surface area contributed by atoms with Gasteiger partial charge in [-0.3, -0.25) is 14.9 Å². The third kappa shape index (κ3) is 3.78. The lowest BCUT2D eigenvalue weighted by Gasteiger charge is -2.10. The van der Waals surface area contributed by atoms with Crippen molar-refractivity contribution in [1.29, 1.82) is 0 Å². The molecule has 0 heterocycles. The topological polar surface area (TPSA) is 72.2 Å². The average Bonchev–Trinajstić information content (AvgIpc) is 2.49. The van der Waals surface area contributed by atoms with Crippen LogP contribution >= 0.6 is 23.4 Å². The highest BCUT2D eigenvalue weighted by molar-refractivity contribution is 7.97. The minimum Gasteiger partial charge on any atom is -0.321 e. The predicted molar refractivity (Wildman–Crippen MR) is 89.7 cm³/mol. The van der Waals surface area contributed by atoms with Crippen molar-refractivity contribution in [2.24, 2.45) is 0 Å². The number of para-hydroxylation sites is 1. The molecule has 2 rings (SSSR count). The van der Waals surface area contributed by atoms with Crippen LogP contribution in [-0.4, -0.2) is 17.1 Å². The molecule has 0 aromatic heterocycles. The number of anilines is 1. The normalized spacial score (nSPS) is 10.3. The molecule has 0 radical (unpaired) electrons. The van der Waals surface area contributed by atoms with Gasteiger partial charge < -0.3 is 5.32 Å². The van der Waals surface area contributed by atoms with Gasteiger partial charge in [0, 0.05) is 22.5 Å². The van der Waals surface area contributed by atoms with Crippen molar-refractivity contribution in [1.82, 2.24) is 0 Å². The molecule has 7 heteroatoms. The van der Waals surface area contributed by atoms with Crippen LogP contribution < -0.4 is 5.32 Å². The second kappa shape index (κ2) is 7.29. The molecular formula is C15H13ClN2O3S. The fourth-order valence-corrected chi connectivity index (χ4v) is 2.70. The van der Waals surface area contributed by atoms with Crippen LogP contribution in [0.5, 0.6) is 0 Å². The molecule has 2 aromatic carbocycles. The number of hydrogen-bond donors (Lipinski definition) is 1. The van der Waals surface area contributed by atoms with E-state index in [-0.39, 0.29) is 16.3 Å². The highest BCUT2D eigenvalue weighted by atomic mass is 35.5. The molecule has 5 nitrogen and oxygen atoms in total. The summed E-state index contributed by atoms with van der Waals surface area (Å²) in [6.07, 6.45) is 1.96. The number of nitrogens with one attached hydrogen (secondary N) is 1. The van der Waals surface area contributed by atoms with Gasteiger partial charge in [-0.2, -0.15) is 11.8 Å². The Morgan fingerprint density at radius 2 is 2.05 bits per heavy atom. The van der Waals surface area contributed by atoms with Crippen LogP contribution in [-0.2, 0) is 5.75 Å². The van der Waals surface area contributed by atoms with E-state index in [1.54, 1.807) is 23.9 Å². The number of nitro benzene ring substituents is 1. The van der Waals surface area contributed by atoms with Gasteiger partial charge in [-0.1, -0.05) is 29.8 Å². The second-order valence-corrected chi connectivity index (χ2v) is 5.77. The van der Waals surface area contributed by atoms with Gasteiger partial charge in [0.05, 0.1) is 4.92 Å². The first-order valence-electron chi connectivity index (χ1n) is 6.35. The molecule has 0 aliphatic rings. The predicted octanol–water partition coefficient (Wildman–Crippen LogP) is 4.36. The van der Waals surface area contributed by atoms with Gasteiger partial charge in [0.15, 0.2) is 0 Å². The number of benzene rings is 2. The van der Waals surface area contributed by atoms with E-state index < -0.39 is 10.8 Å². The van der Waals surface area contributed by atoms with Gasteiger partial charge in [0.2, 0.25) is 0 Å². The summed E-state index contributed by atoms with van der Waals surface area (Å²) in [5, 5.41) is 14.0. The average molecular weight is 337 g/mol. The molecule has 2 aromatic rings. The molecule has 0 aliphatic heterocycles. The van der Waals surface area contributed by atoms with Gasteiger partial charge >= 0.3 is 0 Å². The fourth-order valence-electron chi connectivity index (χ4n) is 1.96. The summed E-state index contributed by atoms with van der Waals surface area (Å²) in [5.41, 5.74) is 1.25. The van der Waals surface area contributed by atoms with Crippen LogP contribution in [0.2, 0.25) is 5.02 Å². The van der Waals surface area contributed by atoms with E-state index in [1.165, 1.54) is 18.2 Å². The van der Waals surface area contributed by atoms with Gasteiger partial charge in [-0.25, -0.2) is 0 Å². The SMILES string of the molecule is CSCc1ccccc1NC(=O)c1cc(Cl)ccc1[N+](=O)[O-]. The molecule has 0 saturated carbocycles. The summed E-state index contributed by atoms with van der Waals surface area (Å²) >= 11 is 7.47. The number of thioether (sulfide) groups is 1. The van der Waals surface area contributed by atoms with Crippen molar-refractivity contribution in [3.05, 3.63) is 68.7 Å². The summed E-state index contributed by atoms with van der Waals surface area (Å²) in [6.45, 7) is 0.